The Morgan fingerprint density at radius 3 is 2.73 bits per heavy atom. The minimum Gasteiger partial charge on any atom is -0.368 e. The number of ether oxygens (including phenoxy) is 1. The fourth-order valence-electron chi connectivity index (χ4n) is 4.26. The van der Waals surface area contributed by atoms with Crippen LogP contribution < -0.4 is 4.90 Å². The number of alkyl halides is 1. The maximum Gasteiger partial charge on any atom is 0.245 e. The highest BCUT2D eigenvalue weighted by Gasteiger charge is 2.56. The summed E-state index contributed by atoms with van der Waals surface area (Å²) in [7, 11) is -3.88. The van der Waals surface area contributed by atoms with Gasteiger partial charge in [-0.05, 0) is 24.3 Å². The highest BCUT2D eigenvalue weighted by Crippen LogP contribution is 2.41. The molecule has 3 aromatic rings. The van der Waals surface area contributed by atoms with Gasteiger partial charge in [0.15, 0.2) is 22.6 Å². The Balaban J connectivity index is 1.42. The summed E-state index contributed by atoms with van der Waals surface area (Å²) in [6.45, 7) is 0.706. The number of rotatable bonds is 3. The summed E-state index contributed by atoms with van der Waals surface area (Å²) in [4.78, 5) is 1.98. The molecular weight excluding hydrogens is 433 g/mol. The minimum absolute atomic E-state index is 0.00577. The third kappa shape index (κ3) is 2.99. The van der Waals surface area contributed by atoms with Gasteiger partial charge in [-0.3, -0.25) is 0 Å². The summed E-state index contributed by atoms with van der Waals surface area (Å²) in [5.41, 5.74) is -0.230. The number of hydrogen-bond acceptors (Lipinski definition) is 6. The highest BCUT2D eigenvalue weighted by atomic mass is 35.5. The van der Waals surface area contributed by atoms with E-state index >= 15 is 4.39 Å². The zero-order valence-corrected chi connectivity index (χ0v) is 17.4. The first-order valence-electron chi connectivity index (χ1n) is 9.58. The van der Waals surface area contributed by atoms with Crippen molar-refractivity contribution in [1.29, 1.82) is 0 Å². The molecule has 2 saturated heterocycles. The van der Waals surface area contributed by atoms with Crippen molar-refractivity contribution in [3.8, 4) is 0 Å². The molecule has 2 aromatic carbocycles. The van der Waals surface area contributed by atoms with Gasteiger partial charge in [0.05, 0.1) is 23.4 Å². The van der Waals surface area contributed by atoms with Gasteiger partial charge in [0.2, 0.25) is 10.0 Å². The lowest BCUT2D eigenvalue weighted by Crippen LogP contribution is -2.62. The number of fused-ring (bicyclic) bond motifs is 1. The lowest BCUT2D eigenvalue weighted by atomic mass is 9.98. The number of halogens is 2. The maximum atomic E-state index is 15.6. The molecule has 7 nitrogen and oxygen atoms in total. The molecule has 1 aromatic heterocycles. The molecule has 1 spiro atoms. The Bertz CT molecular complexity index is 1190. The Labute approximate surface area is 178 Å². The molecule has 2 atom stereocenters. The van der Waals surface area contributed by atoms with E-state index in [9.17, 15) is 8.42 Å². The van der Waals surface area contributed by atoms with Gasteiger partial charge in [0.25, 0.3) is 0 Å². The summed E-state index contributed by atoms with van der Waals surface area (Å²) in [6, 6.07) is 13.4. The Hall–Kier alpha value is -2.20. The molecule has 2 fully saturated rings. The van der Waals surface area contributed by atoms with Gasteiger partial charge < -0.3 is 14.2 Å². The number of aromatic nitrogens is 1. The van der Waals surface area contributed by atoms with E-state index in [0.29, 0.717) is 17.5 Å². The highest BCUT2D eigenvalue weighted by molar-refractivity contribution is 7.89. The van der Waals surface area contributed by atoms with E-state index in [0.717, 1.165) is 5.69 Å². The van der Waals surface area contributed by atoms with Crippen LogP contribution in [0.1, 0.15) is 6.42 Å². The summed E-state index contributed by atoms with van der Waals surface area (Å²) >= 11 is 5.97. The van der Waals surface area contributed by atoms with Crippen molar-refractivity contribution in [1.82, 2.24) is 9.46 Å². The van der Waals surface area contributed by atoms with Gasteiger partial charge in [-0.1, -0.05) is 35.0 Å². The van der Waals surface area contributed by atoms with E-state index in [2.05, 4.69) is 5.16 Å². The number of hydrogen-bond donors (Lipinski definition) is 0. The molecule has 0 N–H and O–H groups in total. The SMILES string of the molecule is O=S(=O)(c1ccccc1)N1CCOC12CCN(c1ccc3c(Cl)noc3c1)CC2F. The first-order chi connectivity index (χ1) is 14.4. The third-order valence-corrected chi connectivity index (χ3v) is 8.00. The van der Waals surface area contributed by atoms with Crippen LogP contribution in [0.3, 0.4) is 0 Å². The molecule has 2 aliphatic heterocycles. The van der Waals surface area contributed by atoms with Gasteiger partial charge in [-0.25, -0.2) is 12.8 Å². The molecule has 0 aliphatic carbocycles. The van der Waals surface area contributed by atoms with Crippen LogP contribution in [0.5, 0.6) is 0 Å². The smallest absolute Gasteiger partial charge is 0.245 e. The molecule has 0 radical (unpaired) electrons. The largest absolute Gasteiger partial charge is 0.368 e. The van der Waals surface area contributed by atoms with E-state index in [1.807, 2.05) is 11.0 Å². The van der Waals surface area contributed by atoms with E-state index < -0.39 is 21.9 Å². The Morgan fingerprint density at radius 1 is 1.17 bits per heavy atom. The molecule has 0 amide bonds. The monoisotopic (exact) mass is 451 g/mol. The van der Waals surface area contributed by atoms with Crippen LogP contribution in [-0.2, 0) is 14.8 Å². The average Bonchev–Trinajstić information content (AvgIpc) is 3.35. The molecule has 2 unspecified atom stereocenters. The van der Waals surface area contributed by atoms with Gasteiger partial charge >= 0.3 is 0 Å². The van der Waals surface area contributed by atoms with Crippen LogP contribution in [0.2, 0.25) is 5.15 Å². The summed E-state index contributed by atoms with van der Waals surface area (Å²) in [5, 5.41) is 4.69. The lowest BCUT2D eigenvalue weighted by molar-refractivity contribution is -0.116. The van der Waals surface area contributed by atoms with Gasteiger partial charge in [0.1, 0.15) is 0 Å². The molecule has 10 heteroatoms. The molecule has 0 saturated carbocycles. The summed E-state index contributed by atoms with van der Waals surface area (Å²) in [6.07, 6.45) is -1.32. The second kappa shape index (κ2) is 7.19. The van der Waals surface area contributed by atoms with Crippen molar-refractivity contribution in [2.45, 2.75) is 23.2 Å². The van der Waals surface area contributed by atoms with Crippen molar-refractivity contribution in [2.24, 2.45) is 0 Å². The average molecular weight is 452 g/mol. The summed E-state index contributed by atoms with van der Waals surface area (Å²) < 4.78 is 54.1. The second-order valence-corrected chi connectivity index (χ2v) is 9.62. The van der Waals surface area contributed by atoms with E-state index in [4.69, 9.17) is 20.9 Å². The number of nitrogens with zero attached hydrogens (tertiary/aromatic N) is 3. The molecule has 30 heavy (non-hydrogen) atoms. The molecule has 158 valence electrons. The Kier molecular flexibility index (Phi) is 4.73. The first kappa shape index (κ1) is 19.7. The van der Waals surface area contributed by atoms with Gasteiger partial charge in [-0.15, -0.1) is 0 Å². The van der Waals surface area contributed by atoms with E-state index in [1.165, 1.54) is 16.4 Å². The van der Waals surface area contributed by atoms with Crippen LogP contribution >= 0.6 is 11.6 Å². The molecule has 5 rings (SSSR count). The molecule has 2 aliphatic rings. The lowest BCUT2D eigenvalue weighted by Gasteiger charge is -2.45. The van der Waals surface area contributed by atoms with Crippen LogP contribution in [0.25, 0.3) is 11.0 Å². The zero-order valence-electron chi connectivity index (χ0n) is 15.9. The van der Waals surface area contributed by atoms with Crippen LogP contribution in [0.15, 0.2) is 57.9 Å². The van der Waals surface area contributed by atoms with Crippen LogP contribution in [-0.4, -0.2) is 56.0 Å². The minimum atomic E-state index is -3.88. The Morgan fingerprint density at radius 2 is 1.97 bits per heavy atom. The predicted octanol–water partition coefficient (Wildman–Crippen LogP) is 3.45. The van der Waals surface area contributed by atoms with Crippen LogP contribution in [0, 0.1) is 0 Å². The number of anilines is 1. The van der Waals surface area contributed by atoms with Crippen molar-refractivity contribution in [2.75, 3.05) is 31.1 Å². The fourth-order valence-corrected chi connectivity index (χ4v) is 6.19. The fraction of sp³-hybridized carbons (Fsp3) is 0.350. The zero-order chi connectivity index (χ0) is 20.9. The van der Waals surface area contributed by atoms with Crippen molar-refractivity contribution in [3.05, 3.63) is 53.7 Å². The normalized spacial score (nSPS) is 25.4. The van der Waals surface area contributed by atoms with Crippen molar-refractivity contribution in [3.63, 3.8) is 0 Å². The molecule has 0 bridgehead atoms. The third-order valence-electron chi connectivity index (χ3n) is 5.79. The first-order valence-corrected chi connectivity index (χ1v) is 11.4. The van der Waals surface area contributed by atoms with Gasteiger partial charge in [0, 0.05) is 31.3 Å². The summed E-state index contributed by atoms with van der Waals surface area (Å²) in [5.74, 6) is 0. The quantitative estimate of drug-likeness (QED) is 0.607. The topological polar surface area (TPSA) is 75.9 Å². The van der Waals surface area contributed by atoms with E-state index in [-0.39, 0.29) is 36.2 Å². The molecule has 3 heterocycles. The van der Waals surface area contributed by atoms with Crippen LogP contribution in [0.4, 0.5) is 10.1 Å². The second-order valence-electron chi connectivity index (χ2n) is 7.40. The number of sulfonamides is 1. The maximum absolute atomic E-state index is 15.6. The predicted molar refractivity (Wildman–Crippen MR) is 110 cm³/mol. The standard InChI is InChI=1S/C20H19ClFN3O4S/c21-19-16-7-6-14(12-17(16)29-23-19)24-9-8-20(18(22)13-24)25(10-11-28-20)30(26,27)15-4-2-1-3-5-15/h1-7,12,18H,8-11,13H2. The van der Waals surface area contributed by atoms with Gasteiger partial charge in [-0.2, -0.15) is 4.31 Å². The van der Waals surface area contributed by atoms with E-state index in [1.54, 1.807) is 30.3 Å². The van der Waals surface area contributed by atoms with Crippen molar-refractivity contribution >= 4 is 38.3 Å². The number of benzene rings is 2. The van der Waals surface area contributed by atoms with Crippen molar-refractivity contribution < 1.29 is 22.1 Å². The molecular formula is C20H19ClFN3O4S. The number of piperidine rings is 1.